The third-order valence-corrected chi connectivity index (χ3v) is 4.42. The van der Waals surface area contributed by atoms with Crippen LogP contribution >= 0.6 is 0 Å². The van der Waals surface area contributed by atoms with E-state index in [0.717, 1.165) is 29.5 Å². The monoisotopic (exact) mass is 414 g/mol. The van der Waals surface area contributed by atoms with Gasteiger partial charge in [-0.1, -0.05) is 13.3 Å². The fraction of sp³-hybridized carbons (Fsp3) is 0.238. The van der Waals surface area contributed by atoms with E-state index >= 15 is 0 Å². The summed E-state index contributed by atoms with van der Waals surface area (Å²) in [4.78, 5) is 41.1. The molecule has 0 saturated carbocycles. The normalized spacial score (nSPS) is 10.8. The molecule has 0 aliphatic carbocycles. The highest BCUT2D eigenvalue weighted by molar-refractivity contribution is 5.97. The van der Waals surface area contributed by atoms with Crippen LogP contribution in [0.15, 0.2) is 47.5 Å². The zero-order chi connectivity index (χ0) is 21.7. The van der Waals surface area contributed by atoms with Gasteiger partial charge < -0.3 is 10.6 Å². The Morgan fingerprint density at radius 3 is 2.67 bits per heavy atom. The van der Waals surface area contributed by atoms with Crippen molar-refractivity contribution in [2.75, 3.05) is 11.9 Å². The number of fused-ring (bicyclic) bond motifs is 1. The maximum absolute atomic E-state index is 13.7. The molecule has 0 atom stereocenters. The number of benzene rings is 2. The standard InChI is InChI=1S/C21H20F2N4O3/c1-2-3-8-24-20(29)13-4-6-15-18(9-13)25-12-27(21(15)30)11-19(28)26-17-7-5-14(22)10-16(17)23/h4-7,9-10,12H,2-3,8,11H2,1H3,(H,24,29)(H,26,28). The summed E-state index contributed by atoms with van der Waals surface area (Å²) in [5, 5.41) is 5.32. The van der Waals surface area contributed by atoms with Crippen molar-refractivity contribution in [2.45, 2.75) is 26.3 Å². The third kappa shape index (κ3) is 4.86. The number of rotatable bonds is 7. The molecule has 30 heavy (non-hydrogen) atoms. The van der Waals surface area contributed by atoms with Gasteiger partial charge in [0.25, 0.3) is 11.5 Å². The van der Waals surface area contributed by atoms with Gasteiger partial charge in [0.05, 0.1) is 22.9 Å². The van der Waals surface area contributed by atoms with Gasteiger partial charge in [0.1, 0.15) is 18.2 Å². The number of nitrogens with zero attached hydrogens (tertiary/aromatic N) is 2. The van der Waals surface area contributed by atoms with Gasteiger partial charge >= 0.3 is 0 Å². The van der Waals surface area contributed by atoms with Crippen molar-refractivity contribution < 1.29 is 18.4 Å². The maximum Gasteiger partial charge on any atom is 0.261 e. The first-order valence-corrected chi connectivity index (χ1v) is 9.41. The van der Waals surface area contributed by atoms with Crippen molar-refractivity contribution in [3.63, 3.8) is 0 Å². The molecular formula is C21H20F2N4O3. The Bertz CT molecular complexity index is 1160. The number of carbonyl (C=O) groups is 2. The van der Waals surface area contributed by atoms with Crippen LogP contribution in [0.2, 0.25) is 0 Å². The Balaban J connectivity index is 1.76. The van der Waals surface area contributed by atoms with Crippen molar-refractivity contribution >= 4 is 28.4 Å². The van der Waals surface area contributed by atoms with Gasteiger partial charge in [-0.05, 0) is 36.8 Å². The van der Waals surface area contributed by atoms with Gasteiger partial charge in [-0.15, -0.1) is 0 Å². The molecular weight excluding hydrogens is 394 g/mol. The minimum absolute atomic E-state index is 0.193. The number of unbranched alkanes of at least 4 members (excludes halogenated alkanes) is 1. The first kappa shape index (κ1) is 21.1. The number of aromatic nitrogens is 2. The van der Waals surface area contributed by atoms with Gasteiger partial charge in [0, 0.05) is 18.2 Å². The Hall–Kier alpha value is -3.62. The van der Waals surface area contributed by atoms with Crippen LogP contribution in [0.5, 0.6) is 0 Å². The molecule has 0 unspecified atom stereocenters. The van der Waals surface area contributed by atoms with E-state index in [2.05, 4.69) is 15.6 Å². The van der Waals surface area contributed by atoms with Crippen molar-refractivity contribution in [2.24, 2.45) is 0 Å². The lowest BCUT2D eigenvalue weighted by atomic mass is 10.1. The van der Waals surface area contributed by atoms with Crippen molar-refractivity contribution in [3.05, 3.63) is 70.3 Å². The molecule has 0 aliphatic rings. The SMILES string of the molecule is CCCCNC(=O)c1ccc2c(=O)n(CC(=O)Nc3ccc(F)cc3F)cnc2c1. The summed E-state index contributed by atoms with van der Waals surface area (Å²) < 4.78 is 27.7. The summed E-state index contributed by atoms with van der Waals surface area (Å²) in [5.74, 6) is -2.61. The number of halogens is 2. The number of hydrogen-bond donors (Lipinski definition) is 2. The quantitative estimate of drug-likeness (QED) is 0.582. The van der Waals surface area contributed by atoms with E-state index in [0.29, 0.717) is 23.7 Å². The number of hydrogen-bond acceptors (Lipinski definition) is 4. The van der Waals surface area contributed by atoms with E-state index in [1.54, 1.807) is 0 Å². The Morgan fingerprint density at radius 1 is 1.13 bits per heavy atom. The second-order valence-corrected chi connectivity index (χ2v) is 6.69. The molecule has 2 N–H and O–H groups in total. The van der Waals surface area contributed by atoms with Gasteiger partial charge in [-0.2, -0.15) is 0 Å². The van der Waals surface area contributed by atoms with Crippen LogP contribution < -0.4 is 16.2 Å². The van der Waals surface area contributed by atoms with Crippen LogP contribution in [0.4, 0.5) is 14.5 Å². The highest BCUT2D eigenvalue weighted by Crippen LogP contribution is 2.15. The molecule has 7 nitrogen and oxygen atoms in total. The molecule has 1 aromatic heterocycles. The predicted octanol–water partition coefficient (Wildman–Crippen LogP) is 2.84. The van der Waals surface area contributed by atoms with Crippen LogP contribution in [0.1, 0.15) is 30.1 Å². The van der Waals surface area contributed by atoms with Gasteiger partial charge in [0.2, 0.25) is 5.91 Å². The van der Waals surface area contributed by atoms with Crippen LogP contribution in [0.25, 0.3) is 10.9 Å². The molecule has 0 saturated heterocycles. The predicted molar refractivity (Wildman–Crippen MR) is 108 cm³/mol. The van der Waals surface area contributed by atoms with E-state index in [9.17, 15) is 23.2 Å². The third-order valence-electron chi connectivity index (χ3n) is 4.42. The molecule has 0 bridgehead atoms. The number of amides is 2. The molecule has 2 aromatic carbocycles. The molecule has 0 spiro atoms. The molecule has 1 heterocycles. The van der Waals surface area contributed by atoms with Crippen molar-refractivity contribution in [1.29, 1.82) is 0 Å². The van der Waals surface area contributed by atoms with Crippen molar-refractivity contribution in [1.82, 2.24) is 14.9 Å². The van der Waals surface area contributed by atoms with Crippen LogP contribution in [0, 0.1) is 11.6 Å². The molecule has 3 rings (SSSR count). The zero-order valence-corrected chi connectivity index (χ0v) is 16.2. The average molecular weight is 414 g/mol. The van der Waals surface area contributed by atoms with E-state index < -0.39 is 29.6 Å². The molecule has 3 aromatic rings. The number of carbonyl (C=O) groups excluding carboxylic acids is 2. The number of anilines is 1. The summed E-state index contributed by atoms with van der Waals surface area (Å²) >= 11 is 0. The summed E-state index contributed by atoms with van der Waals surface area (Å²) in [7, 11) is 0. The highest BCUT2D eigenvalue weighted by Gasteiger charge is 2.13. The Morgan fingerprint density at radius 2 is 1.93 bits per heavy atom. The van der Waals surface area contributed by atoms with E-state index in [-0.39, 0.29) is 17.0 Å². The topological polar surface area (TPSA) is 93.1 Å². The smallest absolute Gasteiger partial charge is 0.261 e. The molecule has 2 amide bonds. The molecule has 156 valence electrons. The maximum atomic E-state index is 13.7. The zero-order valence-electron chi connectivity index (χ0n) is 16.2. The second kappa shape index (κ2) is 9.25. The number of nitrogens with one attached hydrogen (secondary N) is 2. The summed E-state index contributed by atoms with van der Waals surface area (Å²) in [6.07, 6.45) is 3.01. The van der Waals surface area contributed by atoms with Crippen molar-refractivity contribution in [3.8, 4) is 0 Å². The largest absolute Gasteiger partial charge is 0.352 e. The minimum Gasteiger partial charge on any atom is -0.352 e. The van der Waals surface area contributed by atoms with Gasteiger partial charge in [-0.25, -0.2) is 13.8 Å². The fourth-order valence-electron chi connectivity index (χ4n) is 2.83. The Labute approximate surface area is 170 Å². The minimum atomic E-state index is -0.919. The van der Waals surface area contributed by atoms with E-state index in [1.807, 2.05) is 6.92 Å². The lowest BCUT2D eigenvalue weighted by molar-refractivity contribution is -0.116. The van der Waals surface area contributed by atoms with Crippen LogP contribution in [-0.2, 0) is 11.3 Å². The lowest BCUT2D eigenvalue weighted by Crippen LogP contribution is -2.28. The molecule has 0 aliphatic heterocycles. The Kier molecular flexibility index (Phi) is 6.51. The fourth-order valence-corrected chi connectivity index (χ4v) is 2.83. The lowest BCUT2D eigenvalue weighted by Gasteiger charge is -2.09. The summed E-state index contributed by atoms with van der Waals surface area (Å²) in [5.41, 5.74) is 0.0340. The average Bonchev–Trinajstić information content (AvgIpc) is 2.72. The first-order valence-electron chi connectivity index (χ1n) is 9.41. The van der Waals surface area contributed by atoms with Gasteiger partial charge in [0.15, 0.2) is 0 Å². The van der Waals surface area contributed by atoms with Gasteiger partial charge in [-0.3, -0.25) is 19.0 Å². The van der Waals surface area contributed by atoms with E-state index in [1.165, 1.54) is 24.5 Å². The summed E-state index contributed by atoms with van der Waals surface area (Å²) in [6.45, 7) is 2.18. The molecule has 9 heteroatoms. The summed E-state index contributed by atoms with van der Waals surface area (Å²) in [6, 6.07) is 7.26. The highest BCUT2D eigenvalue weighted by atomic mass is 19.1. The second-order valence-electron chi connectivity index (χ2n) is 6.69. The van der Waals surface area contributed by atoms with Crippen LogP contribution in [-0.4, -0.2) is 27.9 Å². The molecule has 0 fully saturated rings. The van der Waals surface area contributed by atoms with E-state index in [4.69, 9.17) is 0 Å². The first-order chi connectivity index (χ1) is 14.4. The van der Waals surface area contributed by atoms with Crippen LogP contribution in [0.3, 0.4) is 0 Å². The molecule has 0 radical (unpaired) electrons.